The van der Waals surface area contributed by atoms with Gasteiger partial charge in [0, 0.05) is 24.7 Å². The molecule has 1 aromatic carbocycles. The van der Waals surface area contributed by atoms with Crippen LogP contribution in [-0.2, 0) is 13.0 Å². The fourth-order valence-electron chi connectivity index (χ4n) is 2.70. The van der Waals surface area contributed by atoms with Gasteiger partial charge in [0.2, 0.25) is 5.89 Å². The first-order valence-electron chi connectivity index (χ1n) is 7.40. The quantitative estimate of drug-likeness (QED) is 0.779. The number of rotatable bonds is 3. The number of carboxylic acid groups (broad SMARTS) is 1. The topological polar surface area (TPSA) is 111 Å². The molecule has 0 unspecified atom stereocenters. The largest absolute Gasteiger partial charge is 0.478 e. The van der Waals surface area contributed by atoms with Gasteiger partial charge in [0.25, 0.3) is 11.4 Å². The third-order valence-electron chi connectivity index (χ3n) is 3.95. The fourth-order valence-corrected chi connectivity index (χ4v) is 2.70. The van der Waals surface area contributed by atoms with E-state index < -0.39 is 5.97 Å². The van der Waals surface area contributed by atoms with Gasteiger partial charge in [-0.15, -0.1) is 10.2 Å². The van der Waals surface area contributed by atoms with E-state index in [2.05, 4.69) is 15.2 Å². The maximum Gasteiger partial charge on any atom is 0.335 e. The highest BCUT2D eigenvalue weighted by Crippen LogP contribution is 2.23. The van der Waals surface area contributed by atoms with Crippen molar-refractivity contribution in [2.45, 2.75) is 19.4 Å². The van der Waals surface area contributed by atoms with Crippen LogP contribution in [-0.4, -0.2) is 30.8 Å². The van der Waals surface area contributed by atoms with Crippen LogP contribution in [0, 0.1) is 0 Å². The van der Waals surface area contributed by atoms with Gasteiger partial charge in [-0.05, 0) is 30.7 Å². The molecule has 0 saturated carbocycles. The Balaban J connectivity index is 1.71. The second kappa shape index (κ2) is 5.41. The molecule has 1 aliphatic heterocycles. The molecule has 0 atom stereocenters. The number of fused-ring (bicyclic) bond motifs is 1. The Kier molecular flexibility index (Phi) is 3.23. The second-order valence-corrected chi connectivity index (χ2v) is 5.44. The van der Waals surface area contributed by atoms with Crippen LogP contribution in [0.5, 0.6) is 0 Å². The van der Waals surface area contributed by atoms with Gasteiger partial charge in [0.05, 0.1) is 5.56 Å². The van der Waals surface area contributed by atoms with Crippen molar-refractivity contribution in [3.8, 4) is 22.9 Å². The van der Waals surface area contributed by atoms with Crippen molar-refractivity contribution < 1.29 is 14.3 Å². The minimum Gasteiger partial charge on any atom is -0.478 e. The normalized spacial score (nSPS) is 13.0. The lowest BCUT2D eigenvalue weighted by atomic mass is 10.1. The highest BCUT2D eigenvalue weighted by molar-refractivity contribution is 5.88. The first kappa shape index (κ1) is 14.3. The number of carboxylic acids is 1. The molecule has 0 bridgehead atoms. The van der Waals surface area contributed by atoms with Crippen molar-refractivity contribution in [3.63, 3.8) is 0 Å². The predicted molar refractivity (Wildman–Crippen MR) is 82.5 cm³/mol. The van der Waals surface area contributed by atoms with Crippen molar-refractivity contribution >= 4 is 5.97 Å². The van der Waals surface area contributed by atoms with Crippen molar-refractivity contribution in [2.75, 3.05) is 0 Å². The van der Waals surface area contributed by atoms with E-state index in [4.69, 9.17) is 9.52 Å². The summed E-state index contributed by atoms with van der Waals surface area (Å²) in [6.07, 6.45) is 3.15. The molecule has 1 aliphatic rings. The Morgan fingerprint density at radius 2 is 1.92 bits per heavy atom. The van der Waals surface area contributed by atoms with Crippen molar-refractivity contribution in [2.24, 2.45) is 0 Å². The van der Waals surface area contributed by atoms with Crippen LogP contribution in [0.15, 0.2) is 39.7 Å². The van der Waals surface area contributed by atoms with E-state index >= 15 is 0 Å². The molecule has 0 saturated heterocycles. The summed E-state index contributed by atoms with van der Waals surface area (Å²) in [7, 11) is 0. The molecule has 24 heavy (non-hydrogen) atoms. The van der Waals surface area contributed by atoms with Gasteiger partial charge in [-0.3, -0.25) is 9.36 Å². The molecule has 1 N–H and O–H groups in total. The van der Waals surface area contributed by atoms with Crippen molar-refractivity contribution in [3.05, 3.63) is 52.2 Å². The van der Waals surface area contributed by atoms with Gasteiger partial charge in [0.1, 0.15) is 11.4 Å². The van der Waals surface area contributed by atoms with Crippen LogP contribution in [0.2, 0.25) is 0 Å². The molecule has 120 valence electrons. The third-order valence-corrected chi connectivity index (χ3v) is 3.95. The second-order valence-electron chi connectivity index (χ2n) is 5.44. The first-order valence-corrected chi connectivity index (χ1v) is 7.40. The van der Waals surface area contributed by atoms with E-state index in [1.807, 2.05) is 0 Å². The van der Waals surface area contributed by atoms with Gasteiger partial charge >= 0.3 is 5.97 Å². The van der Waals surface area contributed by atoms with E-state index in [-0.39, 0.29) is 28.5 Å². The molecule has 0 amide bonds. The Morgan fingerprint density at radius 3 is 2.67 bits per heavy atom. The lowest BCUT2D eigenvalue weighted by molar-refractivity contribution is 0.0697. The van der Waals surface area contributed by atoms with E-state index in [9.17, 15) is 9.59 Å². The average Bonchev–Trinajstić information content (AvgIpc) is 3.25. The van der Waals surface area contributed by atoms with Crippen LogP contribution in [0.4, 0.5) is 0 Å². The monoisotopic (exact) mass is 324 g/mol. The smallest absolute Gasteiger partial charge is 0.335 e. The maximum absolute atomic E-state index is 12.5. The molecule has 0 radical (unpaired) electrons. The number of carbonyl (C=O) groups is 1. The van der Waals surface area contributed by atoms with Gasteiger partial charge in [-0.2, -0.15) is 0 Å². The lowest BCUT2D eigenvalue weighted by Crippen LogP contribution is -2.22. The van der Waals surface area contributed by atoms with E-state index in [0.717, 1.165) is 18.7 Å². The molecule has 3 aromatic rings. The molecule has 8 heteroatoms. The van der Waals surface area contributed by atoms with Crippen LogP contribution >= 0.6 is 0 Å². The molecular formula is C16H12N4O4. The Bertz CT molecular complexity index is 988. The minimum absolute atomic E-state index is 0.104. The van der Waals surface area contributed by atoms with Gasteiger partial charge in [-0.25, -0.2) is 9.78 Å². The highest BCUT2D eigenvalue weighted by Gasteiger charge is 2.20. The van der Waals surface area contributed by atoms with Crippen LogP contribution < -0.4 is 5.56 Å². The standard InChI is InChI=1S/C16H12N4O4/c21-15-11(8-17-12-2-1-7-20(12)15)14-19-18-13(24-14)9-3-5-10(6-4-9)16(22)23/h3-6,8H,1-2,7H2,(H,22,23). The lowest BCUT2D eigenvalue weighted by Gasteiger charge is -2.02. The molecule has 8 nitrogen and oxygen atoms in total. The van der Waals surface area contributed by atoms with Gasteiger partial charge in [-0.1, -0.05) is 0 Å². The molecule has 3 heterocycles. The van der Waals surface area contributed by atoms with E-state index in [0.29, 0.717) is 12.1 Å². The zero-order valence-electron chi connectivity index (χ0n) is 12.5. The summed E-state index contributed by atoms with van der Waals surface area (Å²) in [5, 5.41) is 16.8. The number of benzene rings is 1. The van der Waals surface area contributed by atoms with E-state index in [1.165, 1.54) is 18.3 Å². The number of aromatic nitrogens is 4. The molecule has 4 rings (SSSR count). The number of hydrogen-bond acceptors (Lipinski definition) is 6. The summed E-state index contributed by atoms with van der Waals surface area (Å²) >= 11 is 0. The van der Waals surface area contributed by atoms with Crippen LogP contribution in [0.25, 0.3) is 22.9 Å². The predicted octanol–water partition coefficient (Wildman–Crippen LogP) is 1.60. The zero-order chi connectivity index (χ0) is 16.7. The van der Waals surface area contributed by atoms with Crippen LogP contribution in [0.3, 0.4) is 0 Å². The number of aryl methyl sites for hydroxylation is 1. The SMILES string of the molecule is O=C(O)c1ccc(-c2nnc(-c3cnc4n(c3=O)CCC4)o2)cc1. The Hall–Kier alpha value is -3.29. The van der Waals surface area contributed by atoms with Crippen molar-refractivity contribution in [1.29, 1.82) is 0 Å². The van der Waals surface area contributed by atoms with Gasteiger partial charge < -0.3 is 9.52 Å². The number of aromatic carboxylic acids is 1. The third kappa shape index (κ3) is 2.28. The zero-order valence-corrected chi connectivity index (χ0v) is 12.5. The van der Waals surface area contributed by atoms with E-state index in [1.54, 1.807) is 16.7 Å². The molecule has 0 fully saturated rings. The maximum atomic E-state index is 12.5. The number of hydrogen-bond donors (Lipinski definition) is 1. The summed E-state index contributed by atoms with van der Waals surface area (Å²) in [5.41, 5.74) is 0.822. The molecule has 0 aliphatic carbocycles. The summed E-state index contributed by atoms with van der Waals surface area (Å²) in [4.78, 5) is 27.6. The minimum atomic E-state index is -1.01. The summed E-state index contributed by atoms with van der Waals surface area (Å²) in [5.74, 6) is 0.0802. The van der Waals surface area contributed by atoms with Crippen LogP contribution in [0.1, 0.15) is 22.6 Å². The fraction of sp³-hybridized carbons (Fsp3) is 0.188. The summed E-state index contributed by atoms with van der Waals surface area (Å²) in [6, 6.07) is 6.06. The Morgan fingerprint density at radius 1 is 1.17 bits per heavy atom. The molecule has 2 aromatic heterocycles. The van der Waals surface area contributed by atoms with Crippen molar-refractivity contribution in [1.82, 2.24) is 19.7 Å². The average molecular weight is 324 g/mol. The summed E-state index contributed by atoms with van der Waals surface area (Å²) in [6.45, 7) is 0.645. The first-order chi connectivity index (χ1) is 11.6. The molecule has 0 spiro atoms. The number of nitrogens with zero attached hydrogens (tertiary/aromatic N) is 4. The Labute approximate surface area is 135 Å². The highest BCUT2D eigenvalue weighted by atomic mass is 16.4. The van der Waals surface area contributed by atoms with Gasteiger partial charge in [0.15, 0.2) is 0 Å². The molecular weight excluding hydrogens is 312 g/mol. The summed E-state index contributed by atoms with van der Waals surface area (Å²) < 4.78 is 7.20.